The van der Waals surface area contributed by atoms with Crippen molar-refractivity contribution in [3.8, 4) is 0 Å². The lowest BCUT2D eigenvalue weighted by Gasteiger charge is -2.26. The third kappa shape index (κ3) is 2.98. The van der Waals surface area contributed by atoms with Crippen LogP contribution in [0.5, 0.6) is 0 Å². The molecule has 0 fully saturated rings. The molecule has 0 heterocycles. The van der Waals surface area contributed by atoms with Crippen LogP contribution in [-0.4, -0.2) is 23.9 Å². The van der Waals surface area contributed by atoms with Gasteiger partial charge in [0.25, 0.3) is 0 Å². The van der Waals surface area contributed by atoms with Gasteiger partial charge >= 0.3 is 6.18 Å². The van der Waals surface area contributed by atoms with Crippen LogP contribution in [-0.2, 0) is 0 Å². The summed E-state index contributed by atoms with van der Waals surface area (Å²) in [6, 6.07) is -1.93. The van der Waals surface area contributed by atoms with Crippen LogP contribution >= 0.6 is 0 Å². The smallest absolute Gasteiger partial charge is 0.396 e. The largest absolute Gasteiger partial charge is 0.404 e. The van der Waals surface area contributed by atoms with Gasteiger partial charge in [-0.05, 0) is 5.92 Å². The maximum atomic E-state index is 12.0. The molecule has 0 aliphatic heterocycles. The number of rotatable bonds is 3. The molecule has 0 radical (unpaired) electrons. The highest BCUT2D eigenvalue weighted by molar-refractivity contribution is 4.80. The molecule has 0 saturated carbocycles. The van der Waals surface area contributed by atoms with Gasteiger partial charge in [-0.3, -0.25) is 0 Å². The van der Waals surface area contributed by atoms with Gasteiger partial charge in [0.2, 0.25) is 0 Å². The molecule has 2 nitrogen and oxygen atoms in total. The minimum atomic E-state index is -4.42. The molecule has 3 N–H and O–H groups in total. The summed E-state index contributed by atoms with van der Waals surface area (Å²) in [6.07, 6.45) is -4.42. The third-order valence-corrected chi connectivity index (χ3v) is 1.91. The summed E-state index contributed by atoms with van der Waals surface area (Å²) in [6.45, 7) is 2.68. The van der Waals surface area contributed by atoms with Crippen molar-refractivity contribution in [2.45, 2.75) is 26.1 Å². The predicted octanol–water partition coefficient (Wildman–Crippen LogP) is 1.14. The zero-order chi connectivity index (χ0) is 9.94. The van der Waals surface area contributed by atoms with Crippen molar-refractivity contribution >= 4 is 0 Å². The lowest BCUT2D eigenvalue weighted by atomic mass is 9.89. The van der Waals surface area contributed by atoms with Crippen molar-refractivity contribution in [2.24, 2.45) is 17.6 Å². The molecule has 0 aromatic rings. The van der Waals surface area contributed by atoms with E-state index in [1.165, 1.54) is 0 Å². The number of halogens is 3. The summed E-state index contributed by atoms with van der Waals surface area (Å²) >= 11 is 0. The second kappa shape index (κ2) is 4.09. The minimum Gasteiger partial charge on any atom is -0.396 e. The van der Waals surface area contributed by atoms with Gasteiger partial charge in [0.15, 0.2) is 0 Å². The third-order valence-electron chi connectivity index (χ3n) is 1.91. The first-order chi connectivity index (χ1) is 5.30. The zero-order valence-corrected chi connectivity index (χ0v) is 7.10. The highest BCUT2D eigenvalue weighted by Gasteiger charge is 2.42. The Morgan fingerprint density at radius 3 is 1.83 bits per heavy atom. The molecular formula is C7H14F3NO. The molecule has 0 aromatic carbocycles. The Balaban J connectivity index is 4.32. The normalized spacial score (nSPS) is 18.0. The van der Waals surface area contributed by atoms with E-state index in [9.17, 15) is 13.2 Å². The number of aliphatic hydroxyl groups is 1. The van der Waals surface area contributed by atoms with E-state index in [0.717, 1.165) is 0 Å². The molecule has 0 aliphatic carbocycles. The Morgan fingerprint density at radius 1 is 1.33 bits per heavy atom. The summed E-state index contributed by atoms with van der Waals surface area (Å²) in [5.74, 6) is -1.18. The van der Waals surface area contributed by atoms with Crippen LogP contribution in [0.1, 0.15) is 13.8 Å². The second-order valence-electron chi connectivity index (χ2n) is 3.16. The van der Waals surface area contributed by atoms with E-state index in [1.807, 2.05) is 0 Å². The summed E-state index contributed by atoms with van der Waals surface area (Å²) in [5, 5.41) is 8.65. The maximum absolute atomic E-state index is 12.0. The van der Waals surface area contributed by atoms with Crippen molar-refractivity contribution in [1.82, 2.24) is 0 Å². The summed E-state index contributed by atoms with van der Waals surface area (Å²) in [7, 11) is 0. The Kier molecular flexibility index (Phi) is 3.99. The van der Waals surface area contributed by atoms with Crippen LogP contribution in [0.3, 0.4) is 0 Å². The fourth-order valence-electron chi connectivity index (χ4n) is 0.982. The molecule has 2 unspecified atom stereocenters. The number of nitrogens with two attached hydrogens (primary N) is 1. The molecule has 12 heavy (non-hydrogen) atoms. The van der Waals surface area contributed by atoms with E-state index in [-0.39, 0.29) is 5.92 Å². The van der Waals surface area contributed by atoms with Crippen molar-refractivity contribution in [3.63, 3.8) is 0 Å². The van der Waals surface area contributed by atoms with Gasteiger partial charge in [-0.25, -0.2) is 0 Å². The summed E-state index contributed by atoms with van der Waals surface area (Å²) in [4.78, 5) is 0. The SMILES string of the molecule is CC(C)C(CO)C(N)C(F)(F)F. The fourth-order valence-corrected chi connectivity index (χ4v) is 0.982. The van der Waals surface area contributed by atoms with Gasteiger partial charge in [-0.2, -0.15) is 13.2 Å². The van der Waals surface area contributed by atoms with Crippen LogP contribution < -0.4 is 5.73 Å². The Labute approximate surface area is 69.6 Å². The van der Waals surface area contributed by atoms with Crippen LogP contribution in [0.25, 0.3) is 0 Å². The van der Waals surface area contributed by atoms with Gasteiger partial charge in [0.1, 0.15) is 6.04 Å². The quantitative estimate of drug-likeness (QED) is 0.692. The van der Waals surface area contributed by atoms with Crippen LogP contribution in [0.4, 0.5) is 13.2 Å². The average molecular weight is 185 g/mol. The lowest BCUT2D eigenvalue weighted by molar-refractivity contribution is -0.165. The monoisotopic (exact) mass is 185 g/mol. The average Bonchev–Trinajstić information content (AvgIpc) is 1.86. The first-order valence-corrected chi connectivity index (χ1v) is 3.73. The Bertz CT molecular complexity index is 135. The van der Waals surface area contributed by atoms with Crippen molar-refractivity contribution < 1.29 is 18.3 Å². The molecule has 0 amide bonds. The van der Waals surface area contributed by atoms with E-state index in [2.05, 4.69) is 0 Å². The van der Waals surface area contributed by atoms with Gasteiger partial charge in [0.05, 0.1) is 0 Å². The van der Waals surface area contributed by atoms with Crippen LogP contribution in [0.15, 0.2) is 0 Å². The minimum absolute atomic E-state index is 0.272. The van der Waals surface area contributed by atoms with Crippen LogP contribution in [0, 0.1) is 11.8 Å². The number of hydrogen-bond acceptors (Lipinski definition) is 2. The molecule has 0 rings (SSSR count). The first-order valence-electron chi connectivity index (χ1n) is 3.73. The van der Waals surface area contributed by atoms with E-state index < -0.39 is 24.7 Å². The molecular weight excluding hydrogens is 171 g/mol. The molecule has 0 spiro atoms. The molecule has 0 bridgehead atoms. The van der Waals surface area contributed by atoms with Gasteiger partial charge < -0.3 is 10.8 Å². The highest BCUT2D eigenvalue weighted by atomic mass is 19.4. The van der Waals surface area contributed by atoms with Crippen LogP contribution in [0.2, 0.25) is 0 Å². The van der Waals surface area contributed by atoms with Gasteiger partial charge in [0, 0.05) is 12.5 Å². The standard InChI is InChI=1S/C7H14F3NO/c1-4(2)5(3-12)6(11)7(8,9)10/h4-6,12H,3,11H2,1-2H3. The molecule has 0 aliphatic rings. The molecule has 74 valence electrons. The van der Waals surface area contributed by atoms with Gasteiger partial charge in [-0.15, -0.1) is 0 Å². The topological polar surface area (TPSA) is 46.2 Å². The molecule has 5 heteroatoms. The predicted molar refractivity (Wildman–Crippen MR) is 39.4 cm³/mol. The number of alkyl halides is 3. The zero-order valence-electron chi connectivity index (χ0n) is 7.10. The van der Waals surface area contributed by atoms with Gasteiger partial charge in [-0.1, -0.05) is 13.8 Å². The van der Waals surface area contributed by atoms with E-state index in [0.29, 0.717) is 0 Å². The Hall–Kier alpha value is -0.290. The highest BCUT2D eigenvalue weighted by Crippen LogP contribution is 2.27. The van der Waals surface area contributed by atoms with Crippen molar-refractivity contribution in [2.75, 3.05) is 6.61 Å². The summed E-state index contributed by atoms with van der Waals surface area (Å²) in [5.41, 5.74) is 4.92. The van der Waals surface area contributed by atoms with E-state index in [1.54, 1.807) is 13.8 Å². The summed E-state index contributed by atoms with van der Waals surface area (Å²) < 4.78 is 36.0. The van der Waals surface area contributed by atoms with Crippen molar-refractivity contribution in [3.05, 3.63) is 0 Å². The Morgan fingerprint density at radius 2 is 1.75 bits per heavy atom. The van der Waals surface area contributed by atoms with E-state index in [4.69, 9.17) is 10.8 Å². The molecule has 0 saturated heterocycles. The van der Waals surface area contributed by atoms with E-state index >= 15 is 0 Å². The molecule has 2 atom stereocenters. The fraction of sp³-hybridized carbons (Fsp3) is 1.00. The maximum Gasteiger partial charge on any atom is 0.404 e. The molecule has 0 aromatic heterocycles. The van der Waals surface area contributed by atoms with Crippen molar-refractivity contribution in [1.29, 1.82) is 0 Å². The number of aliphatic hydroxyl groups excluding tert-OH is 1. The second-order valence-corrected chi connectivity index (χ2v) is 3.16. The number of hydrogen-bond donors (Lipinski definition) is 2. The lowest BCUT2D eigenvalue weighted by Crippen LogP contribution is -2.47. The first kappa shape index (κ1) is 11.7.